The molecule has 0 aliphatic carbocycles. The summed E-state index contributed by atoms with van der Waals surface area (Å²) in [5, 5.41) is 3.46. The van der Waals surface area contributed by atoms with Crippen LogP contribution in [-0.2, 0) is 0 Å². The third-order valence-electron chi connectivity index (χ3n) is 3.57. The van der Waals surface area contributed by atoms with Gasteiger partial charge in [-0.05, 0) is 49.4 Å². The number of rotatable bonds is 4. The van der Waals surface area contributed by atoms with Gasteiger partial charge in [-0.3, -0.25) is 0 Å². The molecule has 2 nitrogen and oxygen atoms in total. The van der Waals surface area contributed by atoms with E-state index in [4.69, 9.17) is 4.74 Å². The van der Waals surface area contributed by atoms with Crippen LogP contribution in [0.4, 0.5) is 0 Å². The highest BCUT2D eigenvalue weighted by Gasteiger charge is 2.24. The summed E-state index contributed by atoms with van der Waals surface area (Å²) >= 11 is 0. The number of ether oxygens (including phenoxy) is 1. The molecule has 0 aromatic heterocycles. The predicted molar refractivity (Wildman–Crippen MR) is 71.6 cm³/mol. The third kappa shape index (κ3) is 3.01. The van der Waals surface area contributed by atoms with Crippen LogP contribution in [0.25, 0.3) is 0 Å². The number of benzene rings is 1. The Kier molecular flexibility index (Phi) is 4.43. The fraction of sp³-hybridized carbons (Fsp3) is 0.600. The second-order valence-electron chi connectivity index (χ2n) is 4.96. The molecule has 17 heavy (non-hydrogen) atoms. The zero-order valence-electron chi connectivity index (χ0n) is 10.9. The average molecular weight is 233 g/mol. The summed E-state index contributed by atoms with van der Waals surface area (Å²) in [7, 11) is 0. The van der Waals surface area contributed by atoms with Gasteiger partial charge in [-0.15, -0.1) is 0 Å². The molecule has 1 saturated heterocycles. The Morgan fingerprint density at radius 1 is 1.35 bits per heavy atom. The molecule has 2 atom stereocenters. The molecular weight excluding hydrogens is 210 g/mol. The zero-order valence-corrected chi connectivity index (χ0v) is 10.9. The van der Waals surface area contributed by atoms with Crippen molar-refractivity contribution < 1.29 is 4.74 Å². The van der Waals surface area contributed by atoms with Gasteiger partial charge in [0.2, 0.25) is 0 Å². The molecule has 0 radical (unpaired) electrons. The summed E-state index contributed by atoms with van der Waals surface area (Å²) in [5.41, 5.74) is 1.40. The Bertz CT molecular complexity index is 351. The molecule has 1 heterocycles. The first kappa shape index (κ1) is 12.4. The molecule has 1 fully saturated rings. The van der Waals surface area contributed by atoms with Crippen molar-refractivity contribution in [3.63, 3.8) is 0 Å². The Hall–Kier alpha value is -1.02. The van der Waals surface area contributed by atoms with E-state index in [1.54, 1.807) is 0 Å². The highest BCUT2D eigenvalue weighted by Crippen LogP contribution is 2.35. The molecule has 1 aromatic rings. The van der Waals surface area contributed by atoms with E-state index in [0.29, 0.717) is 11.8 Å². The van der Waals surface area contributed by atoms with Crippen LogP contribution in [0, 0.1) is 5.92 Å². The summed E-state index contributed by atoms with van der Waals surface area (Å²) in [6.07, 6.45) is 2.28. The lowest BCUT2D eigenvalue weighted by molar-refractivity contribution is 0.296. The highest BCUT2D eigenvalue weighted by molar-refractivity contribution is 5.37. The number of hydrogen-bond donors (Lipinski definition) is 1. The molecule has 0 saturated carbocycles. The van der Waals surface area contributed by atoms with Gasteiger partial charge in [0.15, 0.2) is 0 Å². The number of piperidine rings is 1. The van der Waals surface area contributed by atoms with Crippen LogP contribution in [0.1, 0.15) is 38.2 Å². The van der Waals surface area contributed by atoms with Crippen LogP contribution >= 0.6 is 0 Å². The lowest BCUT2D eigenvalue weighted by atomic mass is 9.82. The maximum Gasteiger partial charge on any atom is 0.122 e. The van der Waals surface area contributed by atoms with Crippen LogP contribution in [0.2, 0.25) is 0 Å². The molecule has 2 rings (SSSR count). The Labute approximate surface area is 104 Å². The maximum atomic E-state index is 5.87. The van der Waals surface area contributed by atoms with Crippen molar-refractivity contribution in [2.75, 3.05) is 19.7 Å². The number of para-hydroxylation sites is 1. The highest BCUT2D eigenvalue weighted by atomic mass is 16.5. The predicted octanol–water partition coefficient (Wildman–Crippen LogP) is 3.19. The number of hydrogen-bond acceptors (Lipinski definition) is 2. The quantitative estimate of drug-likeness (QED) is 0.862. The minimum Gasteiger partial charge on any atom is -0.493 e. The fourth-order valence-electron chi connectivity index (χ4n) is 2.61. The summed E-state index contributed by atoms with van der Waals surface area (Å²) in [6, 6.07) is 8.54. The number of nitrogens with one attached hydrogen (secondary N) is 1. The molecule has 1 aromatic carbocycles. The minimum absolute atomic E-state index is 0.643. The lowest BCUT2D eigenvalue weighted by Crippen LogP contribution is -2.33. The van der Waals surface area contributed by atoms with Gasteiger partial charge in [0.05, 0.1) is 6.61 Å². The van der Waals surface area contributed by atoms with Crippen molar-refractivity contribution in [3.8, 4) is 5.75 Å². The van der Waals surface area contributed by atoms with Crippen LogP contribution in [0.3, 0.4) is 0 Å². The topological polar surface area (TPSA) is 21.3 Å². The van der Waals surface area contributed by atoms with Crippen LogP contribution in [0.5, 0.6) is 5.75 Å². The third-order valence-corrected chi connectivity index (χ3v) is 3.57. The molecule has 2 heteroatoms. The molecule has 2 unspecified atom stereocenters. The first-order valence-corrected chi connectivity index (χ1v) is 6.75. The summed E-state index contributed by atoms with van der Waals surface area (Å²) in [4.78, 5) is 0. The van der Waals surface area contributed by atoms with Crippen molar-refractivity contribution in [3.05, 3.63) is 29.8 Å². The normalized spacial score (nSPS) is 24.6. The van der Waals surface area contributed by atoms with Crippen molar-refractivity contribution in [1.29, 1.82) is 0 Å². The molecule has 0 amide bonds. The van der Waals surface area contributed by atoms with E-state index >= 15 is 0 Å². The van der Waals surface area contributed by atoms with Gasteiger partial charge < -0.3 is 10.1 Å². The van der Waals surface area contributed by atoms with E-state index in [-0.39, 0.29) is 0 Å². The van der Waals surface area contributed by atoms with E-state index in [0.717, 1.165) is 31.9 Å². The summed E-state index contributed by atoms with van der Waals surface area (Å²) < 4.78 is 5.87. The first-order valence-electron chi connectivity index (χ1n) is 6.75. The Balaban J connectivity index is 2.17. The van der Waals surface area contributed by atoms with E-state index in [9.17, 15) is 0 Å². The SMILES string of the molecule is CCCOc1ccccc1C1CCNCC1C. The zero-order chi connectivity index (χ0) is 12.1. The van der Waals surface area contributed by atoms with E-state index in [1.807, 2.05) is 0 Å². The lowest BCUT2D eigenvalue weighted by Gasteiger charge is -2.31. The molecule has 0 spiro atoms. The Morgan fingerprint density at radius 3 is 2.94 bits per heavy atom. The van der Waals surface area contributed by atoms with Gasteiger partial charge >= 0.3 is 0 Å². The van der Waals surface area contributed by atoms with Gasteiger partial charge in [-0.25, -0.2) is 0 Å². The van der Waals surface area contributed by atoms with Gasteiger partial charge in [0.25, 0.3) is 0 Å². The summed E-state index contributed by atoms with van der Waals surface area (Å²) in [6.45, 7) is 7.53. The fourth-order valence-corrected chi connectivity index (χ4v) is 2.61. The van der Waals surface area contributed by atoms with Gasteiger partial charge in [0, 0.05) is 0 Å². The van der Waals surface area contributed by atoms with Crippen LogP contribution in [-0.4, -0.2) is 19.7 Å². The van der Waals surface area contributed by atoms with Crippen molar-refractivity contribution in [1.82, 2.24) is 5.32 Å². The van der Waals surface area contributed by atoms with Crippen molar-refractivity contribution >= 4 is 0 Å². The standard InChI is InChI=1S/C15H23NO/c1-3-10-17-15-7-5-4-6-14(15)13-8-9-16-11-12(13)2/h4-7,12-13,16H,3,8-11H2,1-2H3. The van der Waals surface area contributed by atoms with Crippen LogP contribution < -0.4 is 10.1 Å². The first-order chi connectivity index (χ1) is 8.33. The van der Waals surface area contributed by atoms with E-state index in [1.165, 1.54) is 12.0 Å². The van der Waals surface area contributed by atoms with Crippen LogP contribution in [0.15, 0.2) is 24.3 Å². The molecule has 0 bridgehead atoms. The molecular formula is C15H23NO. The molecule has 1 N–H and O–H groups in total. The van der Waals surface area contributed by atoms with Crippen molar-refractivity contribution in [2.45, 2.75) is 32.6 Å². The monoisotopic (exact) mass is 233 g/mol. The van der Waals surface area contributed by atoms with Gasteiger partial charge in [0.1, 0.15) is 5.75 Å². The van der Waals surface area contributed by atoms with Crippen molar-refractivity contribution in [2.24, 2.45) is 5.92 Å². The largest absolute Gasteiger partial charge is 0.493 e. The Morgan fingerprint density at radius 2 is 2.18 bits per heavy atom. The molecule has 1 aliphatic heterocycles. The van der Waals surface area contributed by atoms with Gasteiger partial charge in [-0.2, -0.15) is 0 Å². The van der Waals surface area contributed by atoms with E-state index in [2.05, 4.69) is 43.4 Å². The second-order valence-corrected chi connectivity index (χ2v) is 4.96. The summed E-state index contributed by atoms with van der Waals surface area (Å²) in [5.74, 6) is 2.42. The average Bonchev–Trinajstić information content (AvgIpc) is 2.37. The smallest absolute Gasteiger partial charge is 0.122 e. The van der Waals surface area contributed by atoms with Gasteiger partial charge in [-0.1, -0.05) is 32.0 Å². The molecule has 94 valence electrons. The maximum absolute atomic E-state index is 5.87. The second kappa shape index (κ2) is 6.06. The molecule has 1 aliphatic rings. The van der Waals surface area contributed by atoms with E-state index < -0.39 is 0 Å². The minimum atomic E-state index is 0.643.